The first-order valence-corrected chi connectivity index (χ1v) is 5.57. The number of hydrogen-bond donors (Lipinski definition) is 1. The van der Waals surface area contributed by atoms with Crippen LogP contribution in [0.1, 0.15) is 13.3 Å². The Hall–Kier alpha value is -0.980. The summed E-state index contributed by atoms with van der Waals surface area (Å²) in [6.45, 7) is 2.54. The Labute approximate surface area is 79.0 Å². The summed E-state index contributed by atoms with van der Waals surface area (Å²) in [5.74, 6) is 0.300. The van der Waals surface area contributed by atoms with E-state index < -0.39 is 10.8 Å². The van der Waals surface area contributed by atoms with E-state index in [9.17, 15) is 4.21 Å². The smallest absolute Gasteiger partial charge is 0.240 e. The first kappa shape index (κ1) is 10.1. The van der Waals surface area contributed by atoms with Crippen molar-refractivity contribution in [1.82, 2.24) is 20.2 Å². The highest BCUT2D eigenvalue weighted by Gasteiger charge is 2.08. The standard InChI is InChI=1S/C6H13N5OS/c1-5(13(2)12)3-4-11-6(7)8-9-10-11/h5H,3-4H2,1-2H3,(H2,7,8,10). The molecule has 1 rings (SSSR count). The van der Waals surface area contributed by atoms with Crippen LogP contribution in [0.4, 0.5) is 5.95 Å². The number of rotatable bonds is 4. The monoisotopic (exact) mass is 203 g/mol. The Bertz CT molecular complexity index is 299. The van der Waals surface area contributed by atoms with E-state index in [0.717, 1.165) is 6.42 Å². The molecule has 1 heterocycles. The topological polar surface area (TPSA) is 86.7 Å². The summed E-state index contributed by atoms with van der Waals surface area (Å²) in [5, 5.41) is 10.8. The molecule has 0 aromatic carbocycles. The lowest BCUT2D eigenvalue weighted by atomic mass is 10.3. The number of anilines is 1. The molecule has 2 N–H and O–H groups in total. The van der Waals surface area contributed by atoms with Crippen LogP contribution in [-0.4, -0.2) is 35.9 Å². The minimum atomic E-state index is -0.801. The summed E-state index contributed by atoms with van der Waals surface area (Å²) < 4.78 is 12.5. The third-order valence-corrected chi connectivity index (χ3v) is 3.24. The van der Waals surface area contributed by atoms with Crippen molar-refractivity contribution in [3.8, 4) is 0 Å². The molecule has 0 aliphatic carbocycles. The van der Waals surface area contributed by atoms with Crippen LogP contribution in [0.25, 0.3) is 0 Å². The van der Waals surface area contributed by atoms with Gasteiger partial charge in [-0.3, -0.25) is 4.21 Å². The van der Waals surface area contributed by atoms with Crippen LogP contribution in [0.15, 0.2) is 0 Å². The van der Waals surface area contributed by atoms with E-state index in [-0.39, 0.29) is 5.25 Å². The molecule has 7 heteroatoms. The van der Waals surface area contributed by atoms with Crippen LogP contribution in [0.5, 0.6) is 0 Å². The average Bonchev–Trinajstić information content (AvgIpc) is 2.47. The van der Waals surface area contributed by atoms with Gasteiger partial charge in [0, 0.05) is 28.9 Å². The summed E-state index contributed by atoms with van der Waals surface area (Å²) in [4.78, 5) is 0. The Morgan fingerprint density at radius 2 is 2.38 bits per heavy atom. The molecule has 74 valence electrons. The van der Waals surface area contributed by atoms with Crippen molar-refractivity contribution in [2.24, 2.45) is 0 Å². The quantitative estimate of drug-likeness (QED) is 0.707. The predicted molar refractivity (Wildman–Crippen MR) is 50.4 cm³/mol. The number of hydrogen-bond acceptors (Lipinski definition) is 5. The van der Waals surface area contributed by atoms with Gasteiger partial charge in [0.05, 0.1) is 0 Å². The van der Waals surface area contributed by atoms with Crippen LogP contribution < -0.4 is 5.73 Å². The van der Waals surface area contributed by atoms with Gasteiger partial charge in [-0.25, -0.2) is 4.68 Å². The van der Waals surface area contributed by atoms with Gasteiger partial charge in [-0.1, -0.05) is 12.0 Å². The van der Waals surface area contributed by atoms with Crippen LogP contribution in [0.2, 0.25) is 0 Å². The fourth-order valence-electron chi connectivity index (χ4n) is 0.841. The van der Waals surface area contributed by atoms with Crippen molar-refractivity contribution in [2.75, 3.05) is 12.0 Å². The molecule has 1 aromatic heterocycles. The second-order valence-electron chi connectivity index (χ2n) is 2.86. The van der Waals surface area contributed by atoms with Crippen molar-refractivity contribution in [1.29, 1.82) is 0 Å². The molecule has 2 atom stereocenters. The maximum atomic E-state index is 11.0. The zero-order valence-corrected chi connectivity index (χ0v) is 8.49. The van der Waals surface area contributed by atoms with Crippen molar-refractivity contribution < 1.29 is 4.21 Å². The summed E-state index contributed by atoms with van der Waals surface area (Å²) in [6.07, 6.45) is 2.45. The summed E-state index contributed by atoms with van der Waals surface area (Å²) in [5.41, 5.74) is 5.45. The van der Waals surface area contributed by atoms with Gasteiger partial charge in [-0.2, -0.15) is 0 Å². The van der Waals surface area contributed by atoms with Gasteiger partial charge in [-0.05, 0) is 16.8 Å². The Morgan fingerprint density at radius 3 is 2.85 bits per heavy atom. The number of nitrogens with zero attached hydrogens (tertiary/aromatic N) is 4. The molecule has 0 spiro atoms. The van der Waals surface area contributed by atoms with Gasteiger partial charge >= 0.3 is 0 Å². The second-order valence-corrected chi connectivity index (χ2v) is 4.66. The minimum absolute atomic E-state index is 0.142. The second kappa shape index (κ2) is 4.31. The van der Waals surface area contributed by atoms with E-state index in [4.69, 9.17) is 5.73 Å². The zero-order chi connectivity index (χ0) is 9.84. The normalized spacial score (nSPS) is 15.5. The third kappa shape index (κ3) is 2.76. The Kier molecular flexibility index (Phi) is 3.35. The van der Waals surface area contributed by atoms with Crippen molar-refractivity contribution in [3.05, 3.63) is 0 Å². The SMILES string of the molecule is CC(CCn1nnnc1N)S(C)=O. The number of nitrogens with two attached hydrogens (primary N) is 1. The first-order valence-electron chi connectivity index (χ1n) is 3.95. The molecule has 0 amide bonds. The molecule has 2 unspecified atom stereocenters. The average molecular weight is 203 g/mol. The fourth-order valence-corrected chi connectivity index (χ4v) is 1.28. The molecule has 0 aliphatic rings. The van der Waals surface area contributed by atoms with Crippen molar-refractivity contribution >= 4 is 16.7 Å². The van der Waals surface area contributed by atoms with E-state index in [2.05, 4.69) is 15.5 Å². The van der Waals surface area contributed by atoms with Gasteiger partial charge in [0.1, 0.15) is 0 Å². The van der Waals surface area contributed by atoms with Gasteiger partial charge < -0.3 is 5.73 Å². The first-order chi connectivity index (χ1) is 6.11. The van der Waals surface area contributed by atoms with Crippen LogP contribution in [-0.2, 0) is 17.3 Å². The lowest BCUT2D eigenvalue weighted by Gasteiger charge is -2.07. The largest absolute Gasteiger partial charge is 0.367 e. The number of tetrazole rings is 1. The maximum absolute atomic E-state index is 11.0. The van der Waals surface area contributed by atoms with E-state index in [1.54, 1.807) is 6.26 Å². The lowest BCUT2D eigenvalue weighted by molar-refractivity contribution is 0.557. The van der Waals surface area contributed by atoms with Gasteiger partial charge in [0.2, 0.25) is 5.95 Å². The van der Waals surface area contributed by atoms with E-state index in [1.165, 1.54) is 4.68 Å². The van der Waals surface area contributed by atoms with E-state index in [0.29, 0.717) is 12.5 Å². The van der Waals surface area contributed by atoms with Gasteiger partial charge in [0.25, 0.3) is 0 Å². The minimum Gasteiger partial charge on any atom is -0.367 e. The fraction of sp³-hybridized carbons (Fsp3) is 0.833. The highest BCUT2D eigenvalue weighted by atomic mass is 32.2. The molecule has 1 aromatic rings. The maximum Gasteiger partial charge on any atom is 0.240 e. The molecule has 0 fully saturated rings. The van der Waals surface area contributed by atoms with Crippen LogP contribution in [0, 0.1) is 0 Å². The molecule has 13 heavy (non-hydrogen) atoms. The molecule has 0 aliphatic heterocycles. The highest BCUT2D eigenvalue weighted by Crippen LogP contribution is 2.02. The van der Waals surface area contributed by atoms with E-state index in [1.807, 2.05) is 6.92 Å². The molecular weight excluding hydrogens is 190 g/mol. The molecular formula is C6H13N5OS. The molecule has 0 saturated heterocycles. The number of aromatic nitrogens is 4. The van der Waals surface area contributed by atoms with E-state index >= 15 is 0 Å². The summed E-state index contributed by atoms with van der Waals surface area (Å²) >= 11 is 0. The summed E-state index contributed by atoms with van der Waals surface area (Å²) in [7, 11) is -0.801. The van der Waals surface area contributed by atoms with Gasteiger partial charge in [-0.15, -0.1) is 0 Å². The molecule has 6 nitrogen and oxygen atoms in total. The Morgan fingerprint density at radius 1 is 1.69 bits per heavy atom. The predicted octanol–water partition coefficient (Wildman–Crippen LogP) is -0.588. The third-order valence-electron chi connectivity index (χ3n) is 1.87. The van der Waals surface area contributed by atoms with Crippen molar-refractivity contribution in [2.45, 2.75) is 25.1 Å². The summed E-state index contributed by atoms with van der Waals surface area (Å²) in [6, 6.07) is 0. The van der Waals surface area contributed by atoms with Crippen molar-refractivity contribution in [3.63, 3.8) is 0 Å². The molecule has 0 bridgehead atoms. The number of nitrogen functional groups attached to an aromatic ring is 1. The highest BCUT2D eigenvalue weighted by molar-refractivity contribution is 7.84. The van der Waals surface area contributed by atoms with Crippen LogP contribution in [0.3, 0.4) is 0 Å². The molecule has 0 radical (unpaired) electrons. The zero-order valence-electron chi connectivity index (χ0n) is 7.67. The number of aryl methyl sites for hydroxylation is 1. The lowest BCUT2D eigenvalue weighted by Crippen LogP contribution is -2.14. The van der Waals surface area contributed by atoms with Crippen LogP contribution >= 0.6 is 0 Å². The Balaban J connectivity index is 2.44. The van der Waals surface area contributed by atoms with Gasteiger partial charge in [0.15, 0.2) is 0 Å². The molecule has 0 saturated carbocycles.